The first-order valence-electron chi connectivity index (χ1n) is 8.82. The molecule has 110 valence electrons. The zero-order chi connectivity index (χ0) is 13.9. The van der Waals surface area contributed by atoms with Gasteiger partial charge in [-0.15, -0.1) is 0 Å². The fraction of sp³-hybridized carbons (Fsp3) is 0.600. The van der Waals surface area contributed by atoms with E-state index in [1.54, 1.807) is 0 Å². The van der Waals surface area contributed by atoms with Crippen LogP contribution in [0, 0.1) is 17.8 Å². The van der Waals surface area contributed by atoms with Crippen LogP contribution in [0.25, 0.3) is 6.08 Å². The van der Waals surface area contributed by atoms with Crippen LogP contribution >= 0.6 is 0 Å². The van der Waals surface area contributed by atoms with Gasteiger partial charge in [-0.2, -0.15) is 0 Å². The molecule has 6 rings (SSSR count). The van der Waals surface area contributed by atoms with Crippen LogP contribution in [0.1, 0.15) is 55.2 Å². The Balaban J connectivity index is 1.37. The zero-order valence-corrected chi connectivity index (χ0v) is 12.8. The van der Waals surface area contributed by atoms with Crippen molar-refractivity contribution >= 4 is 6.08 Å². The lowest BCUT2D eigenvalue weighted by molar-refractivity contribution is -0.0206. The highest BCUT2D eigenvalue weighted by Crippen LogP contribution is 2.55. The van der Waals surface area contributed by atoms with Gasteiger partial charge in [0, 0.05) is 12.1 Å². The van der Waals surface area contributed by atoms with Crippen LogP contribution in [0.5, 0.6) is 0 Å². The number of hydrogen-bond acceptors (Lipinski definition) is 1. The molecule has 4 saturated carbocycles. The van der Waals surface area contributed by atoms with Gasteiger partial charge < -0.3 is 5.32 Å². The number of fused-ring (bicyclic) bond motifs is 1. The van der Waals surface area contributed by atoms with E-state index in [0.717, 1.165) is 30.7 Å². The maximum absolute atomic E-state index is 4.04. The second kappa shape index (κ2) is 4.46. The summed E-state index contributed by atoms with van der Waals surface area (Å²) in [6.45, 7) is 1.07. The van der Waals surface area contributed by atoms with Crippen LogP contribution in [0.15, 0.2) is 24.3 Å². The predicted octanol–water partition coefficient (Wildman–Crippen LogP) is 4.31. The monoisotopic (exact) mass is 279 g/mol. The summed E-state index contributed by atoms with van der Waals surface area (Å²) in [7, 11) is 0. The third-order valence-electron chi connectivity index (χ3n) is 6.60. The van der Waals surface area contributed by atoms with Crippen LogP contribution in [0.4, 0.5) is 0 Å². The smallest absolute Gasteiger partial charge is 0.0216 e. The molecule has 0 heterocycles. The number of benzene rings is 1. The Morgan fingerprint density at radius 1 is 1.00 bits per heavy atom. The van der Waals surface area contributed by atoms with Gasteiger partial charge in [-0.1, -0.05) is 30.4 Å². The largest absolute Gasteiger partial charge is 0.307 e. The van der Waals surface area contributed by atoms with Crippen LogP contribution in [0.3, 0.4) is 0 Å². The molecule has 0 atom stereocenters. The molecule has 0 saturated heterocycles. The molecule has 0 radical (unpaired) electrons. The van der Waals surface area contributed by atoms with Gasteiger partial charge in [0.1, 0.15) is 0 Å². The van der Waals surface area contributed by atoms with E-state index in [-0.39, 0.29) is 0 Å². The Kier molecular flexibility index (Phi) is 2.65. The molecule has 0 unspecified atom stereocenters. The molecule has 1 nitrogen and oxygen atoms in total. The highest BCUT2D eigenvalue weighted by Gasteiger charge is 2.50. The second-order valence-electron chi connectivity index (χ2n) is 8.15. The molecule has 1 aromatic rings. The van der Waals surface area contributed by atoms with Crippen molar-refractivity contribution in [1.29, 1.82) is 0 Å². The lowest BCUT2D eigenvalue weighted by Gasteiger charge is -2.57. The summed E-state index contributed by atoms with van der Waals surface area (Å²) in [5.41, 5.74) is 5.01. The summed E-state index contributed by atoms with van der Waals surface area (Å²) in [5, 5.41) is 4.04. The lowest BCUT2D eigenvalue weighted by atomic mass is 9.53. The fourth-order valence-corrected chi connectivity index (χ4v) is 6.13. The quantitative estimate of drug-likeness (QED) is 0.869. The standard InChI is InChI=1S/C20H25N/c1-3-17-4-2-6-19(17)18(5-1)13-21-20-10-14-7-15(11-20)9-16(8-14)12-20/h1-3,5-6,14-16,21H,4,7-13H2. The summed E-state index contributed by atoms with van der Waals surface area (Å²) in [6, 6.07) is 6.84. The lowest BCUT2D eigenvalue weighted by Crippen LogP contribution is -2.58. The number of allylic oxidation sites excluding steroid dienone is 1. The van der Waals surface area contributed by atoms with Crippen molar-refractivity contribution in [2.45, 2.75) is 57.0 Å². The van der Waals surface area contributed by atoms with Crippen molar-refractivity contribution in [3.05, 3.63) is 41.0 Å². The Morgan fingerprint density at radius 2 is 1.71 bits per heavy atom. The van der Waals surface area contributed by atoms with Gasteiger partial charge in [0.25, 0.3) is 0 Å². The Hall–Kier alpha value is -1.08. The highest BCUT2D eigenvalue weighted by atomic mass is 15.0. The molecule has 5 aliphatic rings. The molecule has 0 spiro atoms. The molecule has 1 aromatic carbocycles. The second-order valence-corrected chi connectivity index (χ2v) is 8.15. The topological polar surface area (TPSA) is 12.0 Å². The molecule has 0 amide bonds. The first-order chi connectivity index (χ1) is 10.3. The van der Waals surface area contributed by atoms with E-state index in [1.807, 2.05) is 0 Å². The molecule has 5 aliphatic carbocycles. The van der Waals surface area contributed by atoms with Crippen LogP contribution < -0.4 is 5.32 Å². The predicted molar refractivity (Wildman–Crippen MR) is 86.9 cm³/mol. The van der Waals surface area contributed by atoms with Gasteiger partial charge in [0.2, 0.25) is 0 Å². The minimum absolute atomic E-state index is 0.486. The number of rotatable bonds is 3. The first-order valence-corrected chi connectivity index (χ1v) is 8.82. The van der Waals surface area contributed by atoms with E-state index >= 15 is 0 Å². The molecule has 4 fully saturated rings. The van der Waals surface area contributed by atoms with Crippen LogP contribution in [-0.2, 0) is 13.0 Å². The van der Waals surface area contributed by atoms with Crippen molar-refractivity contribution in [3.8, 4) is 0 Å². The molecule has 4 bridgehead atoms. The fourth-order valence-electron chi connectivity index (χ4n) is 6.13. The summed E-state index contributed by atoms with van der Waals surface area (Å²) >= 11 is 0. The third-order valence-corrected chi connectivity index (χ3v) is 6.60. The Bertz CT molecular complexity index is 563. The van der Waals surface area contributed by atoms with E-state index in [2.05, 4.69) is 35.7 Å². The number of nitrogens with one attached hydrogen (secondary N) is 1. The molecular formula is C20H25N. The van der Waals surface area contributed by atoms with E-state index in [9.17, 15) is 0 Å². The van der Waals surface area contributed by atoms with Gasteiger partial charge >= 0.3 is 0 Å². The Labute approximate surface area is 127 Å². The molecule has 1 N–H and O–H groups in total. The van der Waals surface area contributed by atoms with E-state index in [1.165, 1.54) is 55.2 Å². The van der Waals surface area contributed by atoms with Crippen molar-refractivity contribution in [1.82, 2.24) is 5.32 Å². The van der Waals surface area contributed by atoms with Gasteiger partial charge in [-0.3, -0.25) is 0 Å². The minimum Gasteiger partial charge on any atom is -0.307 e. The average molecular weight is 279 g/mol. The summed E-state index contributed by atoms with van der Waals surface area (Å²) in [6.07, 6.45) is 14.7. The summed E-state index contributed by atoms with van der Waals surface area (Å²) in [5.74, 6) is 3.10. The van der Waals surface area contributed by atoms with Gasteiger partial charge in [-0.05, 0) is 79.4 Å². The average Bonchev–Trinajstić information content (AvgIpc) is 2.92. The highest BCUT2D eigenvalue weighted by molar-refractivity contribution is 5.63. The van der Waals surface area contributed by atoms with E-state index in [0.29, 0.717) is 5.54 Å². The molecule has 0 aliphatic heterocycles. The molecule has 0 aromatic heterocycles. The normalized spacial score (nSPS) is 39.0. The zero-order valence-electron chi connectivity index (χ0n) is 12.8. The maximum atomic E-state index is 4.04. The summed E-state index contributed by atoms with van der Waals surface area (Å²) in [4.78, 5) is 0. The van der Waals surface area contributed by atoms with Crippen molar-refractivity contribution in [3.63, 3.8) is 0 Å². The molecule has 1 heteroatoms. The SMILES string of the molecule is C1=Cc2c(cccc2CNC23CC4CC(CC(C4)C2)C3)C1. The van der Waals surface area contributed by atoms with E-state index < -0.39 is 0 Å². The first kappa shape index (κ1) is 12.5. The van der Waals surface area contributed by atoms with Gasteiger partial charge in [-0.25, -0.2) is 0 Å². The Morgan fingerprint density at radius 3 is 2.43 bits per heavy atom. The van der Waals surface area contributed by atoms with Gasteiger partial charge in [0.15, 0.2) is 0 Å². The van der Waals surface area contributed by atoms with E-state index in [4.69, 9.17) is 0 Å². The van der Waals surface area contributed by atoms with Crippen LogP contribution in [-0.4, -0.2) is 5.54 Å². The molecular weight excluding hydrogens is 254 g/mol. The van der Waals surface area contributed by atoms with Crippen molar-refractivity contribution < 1.29 is 0 Å². The maximum Gasteiger partial charge on any atom is 0.0216 e. The molecule has 21 heavy (non-hydrogen) atoms. The minimum atomic E-state index is 0.486. The van der Waals surface area contributed by atoms with Crippen molar-refractivity contribution in [2.75, 3.05) is 0 Å². The van der Waals surface area contributed by atoms with Crippen molar-refractivity contribution in [2.24, 2.45) is 17.8 Å². The summed E-state index contributed by atoms with van der Waals surface area (Å²) < 4.78 is 0. The third kappa shape index (κ3) is 2.01. The number of hydrogen-bond donors (Lipinski definition) is 1. The van der Waals surface area contributed by atoms with Crippen LogP contribution in [0.2, 0.25) is 0 Å². The van der Waals surface area contributed by atoms with Gasteiger partial charge in [0.05, 0.1) is 0 Å².